The van der Waals surface area contributed by atoms with Crippen molar-refractivity contribution in [3.8, 4) is 0 Å². The molecule has 140 valence electrons. The summed E-state index contributed by atoms with van der Waals surface area (Å²) in [5, 5.41) is 8.45. The summed E-state index contributed by atoms with van der Waals surface area (Å²) < 4.78 is 42.2. The van der Waals surface area contributed by atoms with Gasteiger partial charge in [-0.05, 0) is 18.2 Å². The molecule has 0 radical (unpaired) electrons. The number of amides is 1. The van der Waals surface area contributed by atoms with Gasteiger partial charge in [0.15, 0.2) is 15.0 Å². The maximum atomic E-state index is 13.6. The summed E-state index contributed by atoms with van der Waals surface area (Å²) in [5.41, 5.74) is 0.403. The highest BCUT2D eigenvalue weighted by atomic mass is 32.2. The average Bonchev–Trinajstić information content (AvgIpc) is 2.97. The molecule has 1 N–H and O–H groups in total. The van der Waals surface area contributed by atoms with Crippen molar-refractivity contribution in [1.29, 1.82) is 0 Å². The van der Waals surface area contributed by atoms with E-state index in [4.69, 9.17) is 9.84 Å². The summed E-state index contributed by atoms with van der Waals surface area (Å²) in [6.45, 7) is -1.14. The van der Waals surface area contributed by atoms with Crippen molar-refractivity contribution >= 4 is 44.3 Å². The number of halogens is 1. The summed E-state index contributed by atoms with van der Waals surface area (Å²) in [4.78, 5) is 27.8. The number of amidine groups is 1. The molecule has 0 bridgehead atoms. The van der Waals surface area contributed by atoms with Crippen molar-refractivity contribution in [3.63, 3.8) is 0 Å². The molecule has 26 heavy (non-hydrogen) atoms. The number of fused-ring (bicyclic) bond motifs is 1. The molecule has 2 saturated heterocycles. The number of nitrogens with zero attached hydrogens (tertiary/aromatic N) is 2. The fourth-order valence-corrected chi connectivity index (χ4v) is 6.79. The van der Waals surface area contributed by atoms with E-state index in [1.165, 1.54) is 18.2 Å². The van der Waals surface area contributed by atoms with Crippen molar-refractivity contribution < 1.29 is 32.2 Å². The predicted molar refractivity (Wildman–Crippen MR) is 93.6 cm³/mol. The first kappa shape index (κ1) is 18.8. The molecular weight excluding hydrogens is 387 g/mol. The van der Waals surface area contributed by atoms with E-state index in [0.29, 0.717) is 5.69 Å². The molecule has 0 aromatic heterocycles. The molecule has 11 heteroatoms. The van der Waals surface area contributed by atoms with Crippen molar-refractivity contribution in [3.05, 3.63) is 30.1 Å². The normalized spacial score (nSPS) is 25.4. The molecule has 2 aliphatic rings. The second kappa shape index (κ2) is 7.33. The molecule has 0 saturated carbocycles. The first-order chi connectivity index (χ1) is 12.2. The van der Waals surface area contributed by atoms with Crippen LogP contribution in [0.15, 0.2) is 29.3 Å². The Kier molecular flexibility index (Phi) is 5.30. The van der Waals surface area contributed by atoms with Crippen molar-refractivity contribution in [1.82, 2.24) is 0 Å². The number of hydrogen-bond donors (Lipinski definition) is 1. The van der Waals surface area contributed by atoms with Crippen LogP contribution >= 0.6 is 11.8 Å². The minimum atomic E-state index is -3.22. The van der Waals surface area contributed by atoms with E-state index in [2.05, 4.69) is 4.99 Å². The Morgan fingerprint density at radius 2 is 2.12 bits per heavy atom. The number of carboxylic acid groups (broad SMARTS) is 1. The van der Waals surface area contributed by atoms with Gasteiger partial charge in [-0.3, -0.25) is 4.79 Å². The molecule has 1 amide bonds. The standard InChI is InChI=1S/C15H15FN2O6S2/c16-9-2-1-3-10(4-9)18-11-7-26(22,23)8-12(11)25-15(18)17-13(19)5-24-6-14(20)21/h1-4,11-12H,5-8H2,(H,20,21). The molecule has 8 nitrogen and oxygen atoms in total. The van der Waals surface area contributed by atoms with Crippen molar-refractivity contribution in [2.45, 2.75) is 11.3 Å². The van der Waals surface area contributed by atoms with E-state index in [0.717, 1.165) is 11.8 Å². The third kappa shape index (κ3) is 4.22. The number of thioether (sulfide) groups is 1. The lowest BCUT2D eigenvalue weighted by atomic mass is 10.2. The van der Waals surface area contributed by atoms with Crippen LogP contribution < -0.4 is 4.90 Å². The molecule has 2 atom stereocenters. The SMILES string of the molecule is O=C(O)COCC(=O)N=C1SC2CS(=O)(=O)CC2N1c1cccc(F)c1. The Morgan fingerprint density at radius 3 is 2.81 bits per heavy atom. The summed E-state index contributed by atoms with van der Waals surface area (Å²) in [5.74, 6) is -2.55. The van der Waals surface area contributed by atoms with E-state index >= 15 is 0 Å². The molecule has 3 rings (SSSR count). The van der Waals surface area contributed by atoms with Crippen LogP contribution in [0.5, 0.6) is 0 Å². The number of carbonyl (C=O) groups excluding carboxylic acids is 1. The van der Waals surface area contributed by atoms with Crippen LogP contribution in [0.2, 0.25) is 0 Å². The lowest BCUT2D eigenvalue weighted by Crippen LogP contribution is -2.37. The number of benzene rings is 1. The van der Waals surface area contributed by atoms with E-state index < -0.39 is 46.8 Å². The maximum Gasteiger partial charge on any atom is 0.329 e. The van der Waals surface area contributed by atoms with Gasteiger partial charge in [-0.1, -0.05) is 17.8 Å². The van der Waals surface area contributed by atoms with Gasteiger partial charge in [0.25, 0.3) is 5.91 Å². The van der Waals surface area contributed by atoms with Gasteiger partial charge in [0, 0.05) is 10.9 Å². The monoisotopic (exact) mass is 402 g/mol. The van der Waals surface area contributed by atoms with Crippen LogP contribution in [-0.4, -0.2) is 66.6 Å². The average molecular weight is 402 g/mol. The number of aliphatic carboxylic acids is 1. The molecule has 2 fully saturated rings. The lowest BCUT2D eigenvalue weighted by molar-refractivity contribution is -0.143. The summed E-state index contributed by atoms with van der Waals surface area (Å²) in [6, 6.07) is 5.16. The Morgan fingerprint density at radius 1 is 1.35 bits per heavy atom. The van der Waals surface area contributed by atoms with Crippen LogP contribution in [-0.2, 0) is 24.2 Å². The van der Waals surface area contributed by atoms with Crippen LogP contribution in [0.4, 0.5) is 10.1 Å². The maximum absolute atomic E-state index is 13.6. The van der Waals surface area contributed by atoms with Gasteiger partial charge in [-0.25, -0.2) is 17.6 Å². The third-order valence-corrected chi connectivity index (χ3v) is 7.03. The summed E-state index contributed by atoms with van der Waals surface area (Å²) in [6.07, 6.45) is 0. The summed E-state index contributed by atoms with van der Waals surface area (Å²) >= 11 is 1.14. The zero-order valence-corrected chi connectivity index (χ0v) is 15.0. The van der Waals surface area contributed by atoms with E-state index in [9.17, 15) is 22.4 Å². The summed E-state index contributed by atoms with van der Waals surface area (Å²) in [7, 11) is -3.22. The molecular formula is C15H15FN2O6S2. The number of ether oxygens (including phenoxy) is 1. The number of sulfone groups is 1. The van der Waals surface area contributed by atoms with Gasteiger partial charge in [-0.15, -0.1) is 0 Å². The highest BCUT2D eigenvalue weighted by Gasteiger charge is 2.49. The van der Waals surface area contributed by atoms with Crippen LogP contribution in [0, 0.1) is 5.82 Å². The molecule has 1 aromatic carbocycles. The van der Waals surface area contributed by atoms with Crippen molar-refractivity contribution in [2.75, 3.05) is 29.6 Å². The molecule has 2 unspecified atom stereocenters. The first-order valence-electron chi connectivity index (χ1n) is 7.58. The predicted octanol–water partition coefficient (Wildman–Crippen LogP) is 0.528. The Labute approximate surface area is 153 Å². The quantitative estimate of drug-likeness (QED) is 0.759. The smallest absolute Gasteiger partial charge is 0.329 e. The van der Waals surface area contributed by atoms with E-state index in [1.54, 1.807) is 11.0 Å². The zero-order valence-electron chi connectivity index (χ0n) is 13.4. The van der Waals surface area contributed by atoms with Crippen molar-refractivity contribution in [2.24, 2.45) is 4.99 Å². The van der Waals surface area contributed by atoms with Crippen LogP contribution in [0.3, 0.4) is 0 Å². The number of rotatable bonds is 5. The molecule has 0 spiro atoms. The second-order valence-electron chi connectivity index (χ2n) is 5.83. The van der Waals surface area contributed by atoms with Gasteiger partial charge in [0.2, 0.25) is 0 Å². The van der Waals surface area contributed by atoms with E-state index in [-0.39, 0.29) is 21.9 Å². The van der Waals surface area contributed by atoms with Gasteiger partial charge in [0.1, 0.15) is 19.0 Å². The molecule has 2 heterocycles. The fourth-order valence-electron chi connectivity index (χ4n) is 2.86. The lowest BCUT2D eigenvalue weighted by Gasteiger charge is -2.24. The Balaban J connectivity index is 1.85. The van der Waals surface area contributed by atoms with E-state index in [1.807, 2.05) is 0 Å². The Bertz CT molecular complexity index is 873. The first-order valence-corrected chi connectivity index (χ1v) is 10.3. The number of carboxylic acids is 1. The number of anilines is 1. The largest absolute Gasteiger partial charge is 0.480 e. The van der Waals surface area contributed by atoms with Gasteiger partial charge < -0.3 is 14.7 Å². The number of hydrogen-bond acceptors (Lipinski definition) is 6. The molecule has 0 aliphatic carbocycles. The minimum absolute atomic E-state index is 0.0448. The van der Waals surface area contributed by atoms with Crippen LogP contribution in [0.25, 0.3) is 0 Å². The molecule has 2 aliphatic heterocycles. The third-order valence-electron chi connectivity index (χ3n) is 3.82. The van der Waals surface area contributed by atoms with Gasteiger partial charge in [0.05, 0.1) is 17.5 Å². The highest BCUT2D eigenvalue weighted by Crippen LogP contribution is 2.41. The Hall–Kier alpha value is -1.98. The second-order valence-corrected chi connectivity index (χ2v) is 9.19. The number of carbonyl (C=O) groups is 2. The number of aliphatic imine (C=N–C) groups is 1. The highest BCUT2D eigenvalue weighted by molar-refractivity contribution is 8.16. The fraction of sp³-hybridized carbons (Fsp3) is 0.400. The molecule has 1 aromatic rings. The van der Waals surface area contributed by atoms with Crippen LogP contribution in [0.1, 0.15) is 0 Å². The van der Waals surface area contributed by atoms with Gasteiger partial charge in [-0.2, -0.15) is 4.99 Å². The topological polar surface area (TPSA) is 113 Å². The zero-order chi connectivity index (χ0) is 18.9. The minimum Gasteiger partial charge on any atom is -0.480 e. The van der Waals surface area contributed by atoms with Gasteiger partial charge >= 0.3 is 5.97 Å².